The van der Waals surface area contributed by atoms with Crippen LogP contribution in [0.5, 0.6) is 0 Å². The summed E-state index contributed by atoms with van der Waals surface area (Å²) in [4.78, 5) is 15.0. The summed E-state index contributed by atoms with van der Waals surface area (Å²) in [6.45, 7) is 0. The molecule has 0 unspecified atom stereocenters. The van der Waals surface area contributed by atoms with Crippen LogP contribution in [0.15, 0.2) is 206 Å². The topological polar surface area (TPSA) is 43.6 Å². The lowest BCUT2D eigenvalue weighted by Crippen LogP contribution is -2.00. The molecule has 4 aromatic heterocycles. The number of rotatable bonds is 6. The molecule has 6 heteroatoms. The second-order valence-electron chi connectivity index (χ2n) is 16.0. The van der Waals surface area contributed by atoms with Gasteiger partial charge in [0.1, 0.15) is 0 Å². The lowest BCUT2D eigenvalue weighted by atomic mass is 9.96. The van der Waals surface area contributed by atoms with Crippen molar-refractivity contribution in [3.63, 3.8) is 0 Å². The van der Waals surface area contributed by atoms with E-state index < -0.39 is 0 Å². The zero-order valence-electron chi connectivity index (χ0n) is 33.7. The molecule has 63 heavy (non-hydrogen) atoms. The van der Waals surface area contributed by atoms with E-state index in [1.807, 2.05) is 83.3 Å². The number of fused-ring (bicyclic) bond motifs is 10. The first-order valence-corrected chi connectivity index (χ1v) is 22.7. The summed E-state index contributed by atoms with van der Waals surface area (Å²) < 4.78 is 7.71. The molecular formula is C57H34N4S2. The van der Waals surface area contributed by atoms with Gasteiger partial charge in [-0.25, -0.2) is 15.0 Å². The molecule has 0 aliphatic carbocycles. The molecule has 13 rings (SSSR count). The first-order chi connectivity index (χ1) is 31.2. The fourth-order valence-electron chi connectivity index (χ4n) is 9.32. The SMILES string of the molecule is c1ccc(-c2nc(-c3ccccc3)nc(-c3cccc(-c4cccc(-c5cc(-n6c7ccccc7c7ccccc76)cc6c5sc5ccc7c8ccccc8sc7c56)c4)c3)n2)cc1. The lowest BCUT2D eigenvalue weighted by molar-refractivity contribution is 1.07. The van der Waals surface area contributed by atoms with Crippen molar-refractivity contribution in [1.29, 1.82) is 0 Å². The van der Waals surface area contributed by atoms with Gasteiger partial charge in [-0.3, -0.25) is 0 Å². The molecule has 13 aromatic rings. The van der Waals surface area contributed by atoms with Gasteiger partial charge in [-0.1, -0.05) is 158 Å². The zero-order valence-corrected chi connectivity index (χ0v) is 35.4. The Hall–Kier alpha value is -7.77. The fourth-order valence-corrected chi connectivity index (χ4v) is 11.9. The molecule has 4 heterocycles. The third-order valence-corrected chi connectivity index (χ3v) is 14.6. The van der Waals surface area contributed by atoms with E-state index in [1.165, 1.54) is 73.3 Å². The number of aromatic nitrogens is 4. The quantitative estimate of drug-likeness (QED) is 0.168. The first kappa shape index (κ1) is 35.9. The highest BCUT2D eigenvalue weighted by Gasteiger charge is 2.20. The van der Waals surface area contributed by atoms with Gasteiger partial charge in [0.2, 0.25) is 0 Å². The van der Waals surface area contributed by atoms with Crippen LogP contribution in [0.3, 0.4) is 0 Å². The van der Waals surface area contributed by atoms with Gasteiger partial charge < -0.3 is 4.57 Å². The Morgan fingerprint density at radius 1 is 0.317 bits per heavy atom. The third kappa shape index (κ3) is 5.91. The van der Waals surface area contributed by atoms with Gasteiger partial charge in [0, 0.05) is 79.1 Å². The van der Waals surface area contributed by atoms with E-state index in [0.29, 0.717) is 17.5 Å². The van der Waals surface area contributed by atoms with Gasteiger partial charge in [-0.05, 0) is 65.2 Å². The van der Waals surface area contributed by atoms with Gasteiger partial charge in [0.15, 0.2) is 17.5 Å². The van der Waals surface area contributed by atoms with Crippen molar-refractivity contribution < 1.29 is 0 Å². The number of para-hydroxylation sites is 2. The molecular weight excluding hydrogens is 805 g/mol. The minimum Gasteiger partial charge on any atom is -0.309 e. The van der Waals surface area contributed by atoms with Crippen LogP contribution >= 0.6 is 22.7 Å². The summed E-state index contributed by atoms with van der Waals surface area (Å²) in [5.74, 6) is 1.93. The second kappa shape index (κ2) is 14.4. The predicted molar refractivity (Wildman–Crippen MR) is 267 cm³/mol. The van der Waals surface area contributed by atoms with Crippen LogP contribution in [-0.4, -0.2) is 19.5 Å². The largest absolute Gasteiger partial charge is 0.309 e. The summed E-state index contributed by atoms with van der Waals surface area (Å²) in [6, 6.07) is 73.8. The number of hydrogen-bond acceptors (Lipinski definition) is 5. The highest BCUT2D eigenvalue weighted by Crippen LogP contribution is 2.48. The molecule has 4 nitrogen and oxygen atoms in total. The number of benzene rings is 9. The monoisotopic (exact) mass is 838 g/mol. The number of nitrogens with zero attached hydrogens (tertiary/aromatic N) is 4. The Kier molecular flexibility index (Phi) is 8.22. The molecule has 0 fully saturated rings. The van der Waals surface area contributed by atoms with Gasteiger partial charge in [0.25, 0.3) is 0 Å². The first-order valence-electron chi connectivity index (χ1n) is 21.1. The molecule has 0 bridgehead atoms. The van der Waals surface area contributed by atoms with E-state index in [-0.39, 0.29) is 0 Å². The van der Waals surface area contributed by atoms with Crippen LogP contribution in [0.1, 0.15) is 0 Å². The molecule has 0 saturated carbocycles. The average molecular weight is 839 g/mol. The van der Waals surface area contributed by atoms with Crippen LogP contribution in [0.4, 0.5) is 0 Å². The van der Waals surface area contributed by atoms with Crippen molar-refractivity contribution in [3.8, 4) is 62.1 Å². The van der Waals surface area contributed by atoms with E-state index >= 15 is 0 Å². The third-order valence-electron chi connectivity index (χ3n) is 12.2. The highest BCUT2D eigenvalue weighted by atomic mass is 32.1. The van der Waals surface area contributed by atoms with Gasteiger partial charge in [-0.15, -0.1) is 22.7 Å². The summed E-state index contributed by atoms with van der Waals surface area (Å²) in [6.07, 6.45) is 0. The van der Waals surface area contributed by atoms with Crippen molar-refractivity contribution in [3.05, 3.63) is 206 Å². The summed E-state index contributed by atoms with van der Waals surface area (Å²) in [5.41, 5.74) is 11.0. The Morgan fingerprint density at radius 2 is 0.825 bits per heavy atom. The van der Waals surface area contributed by atoms with Gasteiger partial charge >= 0.3 is 0 Å². The minimum atomic E-state index is 0.638. The molecule has 9 aromatic carbocycles. The van der Waals surface area contributed by atoms with E-state index in [4.69, 9.17) is 15.0 Å². The van der Waals surface area contributed by atoms with Crippen LogP contribution in [0.2, 0.25) is 0 Å². The standard InChI is InChI=1S/C57H34N4S2/c1-3-15-35(16-4-1)55-58-56(36-17-5-2-6-18-36)60-57(59-55)40-22-14-20-38(32-40)37-19-13-21-39(31-37)46-33-41(61-48-26-10-7-23-42(48)43-24-8-11-27-49(43)61)34-47-52-51(63-53(46)47)30-29-45-44-25-9-12-28-50(44)62-54(45)52/h1-34H. The summed E-state index contributed by atoms with van der Waals surface area (Å²) >= 11 is 3.80. The smallest absolute Gasteiger partial charge is 0.164 e. The average Bonchev–Trinajstić information content (AvgIpc) is 4.04. The zero-order chi connectivity index (χ0) is 41.4. The maximum absolute atomic E-state index is 5.04. The van der Waals surface area contributed by atoms with Crippen molar-refractivity contribution in [1.82, 2.24) is 19.5 Å². The number of thiophene rings is 2. The van der Waals surface area contributed by atoms with Crippen LogP contribution in [0, 0.1) is 0 Å². The van der Waals surface area contributed by atoms with Gasteiger partial charge in [0.05, 0.1) is 11.0 Å². The van der Waals surface area contributed by atoms with Crippen molar-refractivity contribution in [2.45, 2.75) is 0 Å². The van der Waals surface area contributed by atoms with Crippen molar-refractivity contribution in [2.75, 3.05) is 0 Å². The Balaban J connectivity index is 1.01. The molecule has 0 N–H and O–H groups in total. The maximum Gasteiger partial charge on any atom is 0.164 e. The molecule has 0 atom stereocenters. The van der Waals surface area contributed by atoms with Crippen LogP contribution < -0.4 is 0 Å². The van der Waals surface area contributed by atoms with Gasteiger partial charge in [-0.2, -0.15) is 0 Å². The molecule has 0 radical (unpaired) electrons. The number of hydrogen-bond donors (Lipinski definition) is 0. The summed E-state index contributed by atoms with van der Waals surface area (Å²) in [7, 11) is 0. The molecule has 0 saturated heterocycles. The maximum atomic E-state index is 5.04. The Morgan fingerprint density at radius 3 is 1.49 bits per heavy atom. The molecule has 0 spiro atoms. The predicted octanol–water partition coefficient (Wildman–Crippen LogP) is 16.0. The summed E-state index contributed by atoms with van der Waals surface area (Å²) in [5, 5.41) is 7.76. The normalized spacial score (nSPS) is 11.8. The molecule has 0 amide bonds. The van der Waals surface area contributed by atoms with Crippen molar-refractivity contribution >= 4 is 84.8 Å². The Bertz CT molecular complexity index is 3810. The second-order valence-corrected chi connectivity index (χ2v) is 18.1. The van der Waals surface area contributed by atoms with E-state index in [1.54, 1.807) is 0 Å². The lowest BCUT2D eigenvalue weighted by Gasteiger charge is -2.13. The van der Waals surface area contributed by atoms with Crippen LogP contribution in [-0.2, 0) is 0 Å². The van der Waals surface area contributed by atoms with E-state index in [2.05, 4.69) is 150 Å². The van der Waals surface area contributed by atoms with Crippen LogP contribution in [0.25, 0.3) is 124 Å². The molecule has 0 aliphatic rings. The molecule has 294 valence electrons. The fraction of sp³-hybridized carbons (Fsp3) is 0. The highest BCUT2D eigenvalue weighted by molar-refractivity contribution is 7.30. The Labute approximate surface area is 370 Å². The minimum absolute atomic E-state index is 0.638. The van der Waals surface area contributed by atoms with Crippen molar-refractivity contribution in [2.24, 2.45) is 0 Å². The van der Waals surface area contributed by atoms with E-state index in [9.17, 15) is 0 Å². The molecule has 0 aliphatic heterocycles. The van der Waals surface area contributed by atoms with E-state index in [0.717, 1.165) is 33.5 Å².